The Balaban J connectivity index is 1.77. The molecule has 1 amide bonds. The predicted octanol–water partition coefficient (Wildman–Crippen LogP) is 2.80. The van der Waals surface area contributed by atoms with Crippen molar-refractivity contribution in [1.82, 2.24) is 15.5 Å². The summed E-state index contributed by atoms with van der Waals surface area (Å²) in [5.74, 6) is -0.757. The summed E-state index contributed by atoms with van der Waals surface area (Å²) in [7, 11) is -3.92. The van der Waals surface area contributed by atoms with Crippen LogP contribution in [-0.2, 0) is 21.4 Å². The molecule has 154 valence electrons. The van der Waals surface area contributed by atoms with Crippen molar-refractivity contribution in [1.29, 1.82) is 0 Å². The monoisotopic (exact) mass is 438 g/mol. The van der Waals surface area contributed by atoms with E-state index in [0.717, 1.165) is 21.5 Å². The van der Waals surface area contributed by atoms with Crippen molar-refractivity contribution in [2.24, 2.45) is 0 Å². The van der Waals surface area contributed by atoms with Gasteiger partial charge in [-0.2, -0.15) is 4.98 Å². The highest BCUT2D eigenvalue weighted by molar-refractivity contribution is 7.92. The molecule has 0 aliphatic rings. The average molecular weight is 439 g/mol. The number of carbonyl (C=O) groups excluding carboxylic acids is 1. The normalized spacial score (nSPS) is 12.5. The molecule has 1 atom stereocenters. The number of hydrogen-bond donors (Lipinski definition) is 1. The van der Waals surface area contributed by atoms with E-state index in [4.69, 9.17) is 4.52 Å². The zero-order valence-corrected chi connectivity index (χ0v) is 17.3. The van der Waals surface area contributed by atoms with E-state index in [0.29, 0.717) is 5.82 Å². The topological polar surface area (TPSA) is 105 Å². The number of aromatic nitrogens is 2. The van der Waals surface area contributed by atoms with E-state index in [2.05, 4.69) is 15.5 Å². The molecule has 0 aliphatic carbocycles. The molecule has 0 radical (unpaired) electrons. The van der Waals surface area contributed by atoms with E-state index in [-0.39, 0.29) is 24.5 Å². The molecule has 3 rings (SSSR count). The molecule has 8 nitrogen and oxygen atoms in total. The molecule has 0 saturated heterocycles. The number of benzene rings is 1. The maximum Gasteiger partial charge on any atom is 0.246 e. The summed E-state index contributed by atoms with van der Waals surface area (Å²) in [6.45, 7) is 1.56. The minimum absolute atomic E-state index is 0.0808. The van der Waals surface area contributed by atoms with E-state index in [1.165, 1.54) is 29.5 Å². The van der Waals surface area contributed by atoms with Crippen molar-refractivity contribution in [3.05, 3.63) is 53.5 Å². The quantitative estimate of drug-likeness (QED) is 0.580. The Labute approximate surface area is 171 Å². The first-order chi connectivity index (χ1) is 13.8. The lowest BCUT2D eigenvalue weighted by atomic mass is 10.2. The number of anilines is 1. The lowest BCUT2D eigenvalue weighted by Gasteiger charge is -2.30. The summed E-state index contributed by atoms with van der Waals surface area (Å²) in [6.07, 6.45) is 1.07. The Hall–Kier alpha value is -2.79. The van der Waals surface area contributed by atoms with E-state index in [1.807, 2.05) is 17.5 Å². The second-order valence-electron chi connectivity index (χ2n) is 6.14. The van der Waals surface area contributed by atoms with E-state index < -0.39 is 27.8 Å². The predicted molar refractivity (Wildman–Crippen MR) is 107 cm³/mol. The fraction of sp³-hybridized carbons (Fsp3) is 0.278. The molecule has 0 aliphatic heterocycles. The maximum absolute atomic E-state index is 14.2. The van der Waals surface area contributed by atoms with Gasteiger partial charge >= 0.3 is 0 Å². The SMILES string of the molecule is CCC(C(=O)NCc1nc(-c2cccs2)no1)N(c1ccccc1F)S(C)(=O)=O. The first-order valence-electron chi connectivity index (χ1n) is 8.69. The molecular weight excluding hydrogens is 419 g/mol. The molecule has 1 unspecified atom stereocenters. The van der Waals surface area contributed by atoms with Gasteiger partial charge in [0.25, 0.3) is 0 Å². The van der Waals surface area contributed by atoms with Gasteiger partial charge in [-0.05, 0) is 30.0 Å². The highest BCUT2D eigenvalue weighted by atomic mass is 32.2. The molecule has 2 aromatic heterocycles. The van der Waals surface area contributed by atoms with Crippen LogP contribution in [0.5, 0.6) is 0 Å². The Morgan fingerprint density at radius 3 is 2.69 bits per heavy atom. The molecule has 0 bridgehead atoms. The number of carbonyl (C=O) groups is 1. The van der Waals surface area contributed by atoms with Crippen molar-refractivity contribution in [2.45, 2.75) is 25.9 Å². The second-order valence-corrected chi connectivity index (χ2v) is 8.95. The van der Waals surface area contributed by atoms with Gasteiger partial charge in [0.1, 0.15) is 11.9 Å². The van der Waals surface area contributed by atoms with Crippen LogP contribution in [0.3, 0.4) is 0 Å². The minimum atomic E-state index is -3.92. The van der Waals surface area contributed by atoms with Gasteiger partial charge in [-0.1, -0.05) is 30.3 Å². The van der Waals surface area contributed by atoms with E-state index >= 15 is 0 Å². The highest BCUT2D eigenvalue weighted by Crippen LogP contribution is 2.25. The Morgan fingerprint density at radius 2 is 2.07 bits per heavy atom. The van der Waals surface area contributed by atoms with Crippen LogP contribution >= 0.6 is 11.3 Å². The molecular formula is C18H19FN4O4S2. The minimum Gasteiger partial charge on any atom is -0.345 e. The van der Waals surface area contributed by atoms with Crippen LogP contribution in [0.4, 0.5) is 10.1 Å². The summed E-state index contributed by atoms with van der Waals surface area (Å²) in [5, 5.41) is 8.32. The number of para-hydroxylation sites is 1. The van der Waals surface area contributed by atoms with Gasteiger partial charge in [0.05, 0.1) is 23.4 Å². The highest BCUT2D eigenvalue weighted by Gasteiger charge is 2.33. The zero-order chi connectivity index (χ0) is 21.0. The maximum atomic E-state index is 14.2. The smallest absolute Gasteiger partial charge is 0.246 e. The van der Waals surface area contributed by atoms with Crippen molar-refractivity contribution in [3.8, 4) is 10.7 Å². The Bertz CT molecular complexity index is 1080. The Morgan fingerprint density at radius 1 is 1.31 bits per heavy atom. The van der Waals surface area contributed by atoms with Gasteiger partial charge in [-0.3, -0.25) is 9.10 Å². The number of sulfonamides is 1. The summed E-state index contributed by atoms with van der Waals surface area (Å²) in [5.41, 5.74) is -0.185. The molecule has 0 saturated carbocycles. The number of hydrogen-bond acceptors (Lipinski definition) is 7. The molecule has 0 spiro atoms. The standard InChI is InChI=1S/C18H19FN4O4S2/c1-3-13(23(29(2,25)26)14-8-5-4-7-12(14)19)18(24)20-11-16-21-17(22-27-16)15-9-6-10-28-15/h4-10,13H,3,11H2,1-2H3,(H,20,24). The van der Waals surface area contributed by atoms with Crippen molar-refractivity contribution in [2.75, 3.05) is 10.6 Å². The third-order valence-corrected chi connectivity index (χ3v) is 6.07. The number of amides is 1. The zero-order valence-electron chi connectivity index (χ0n) is 15.7. The van der Waals surface area contributed by atoms with Crippen LogP contribution in [0, 0.1) is 5.82 Å². The molecule has 11 heteroatoms. The van der Waals surface area contributed by atoms with Gasteiger partial charge in [0, 0.05) is 0 Å². The lowest BCUT2D eigenvalue weighted by molar-refractivity contribution is -0.122. The number of thiophene rings is 1. The fourth-order valence-corrected chi connectivity index (χ4v) is 4.64. The average Bonchev–Trinajstić information content (AvgIpc) is 3.35. The van der Waals surface area contributed by atoms with Crippen molar-refractivity contribution < 1.29 is 22.1 Å². The Kier molecular flexibility index (Phi) is 6.28. The van der Waals surface area contributed by atoms with E-state index in [9.17, 15) is 17.6 Å². The first-order valence-corrected chi connectivity index (χ1v) is 11.4. The summed E-state index contributed by atoms with van der Waals surface area (Å²) in [6, 6.07) is 7.96. The molecule has 1 aromatic carbocycles. The molecule has 1 N–H and O–H groups in total. The first kappa shape index (κ1) is 20.9. The van der Waals surface area contributed by atoms with E-state index in [1.54, 1.807) is 6.92 Å². The van der Waals surface area contributed by atoms with Crippen molar-refractivity contribution >= 4 is 33.0 Å². The van der Waals surface area contributed by atoms with Gasteiger partial charge < -0.3 is 9.84 Å². The number of rotatable bonds is 8. The summed E-state index contributed by atoms with van der Waals surface area (Å²) < 4.78 is 44.8. The molecule has 0 fully saturated rings. The van der Waals surface area contributed by atoms with Crippen LogP contribution in [0.25, 0.3) is 10.7 Å². The molecule has 29 heavy (non-hydrogen) atoms. The number of halogens is 1. The van der Waals surface area contributed by atoms with Crippen LogP contribution in [0.2, 0.25) is 0 Å². The summed E-state index contributed by atoms with van der Waals surface area (Å²) in [4.78, 5) is 17.8. The van der Waals surface area contributed by atoms with Crippen LogP contribution in [0.15, 0.2) is 46.3 Å². The third kappa shape index (κ3) is 4.80. The fourth-order valence-electron chi connectivity index (χ4n) is 2.78. The van der Waals surface area contributed by atoms with Crippen LogP contribution in [-0.4, -0.2) is 36.8 Å². The molecule has 3 aromatic rings. The second kappa shape index (κ2) is 8.70. The number of nitrogens with zero attached hydrogens (tertiary/aromatic N) is 3. The van der Waals surface area contributed by atoms with Gasteiger partial charge in [0.15, 0.2) is 0 Å². The summed E-state index contributed by atoms with van der Waals surface area (Å²) >= 11 is 1.45. The van der Waals surface area contributed by atoms with Crippen LogP contribution in [0.1, 0.15) is 19.2 Å². The third-order valence-electron chi connectivity index (χ3n) is 4.04. The van der Waals surface area contributed by atoms with Gasteiger partial charge in [-0.25, -0.2) is 12.8 Å². The van der Waals surface area contributed by atoms with Crippen molar-refractivity contribution in [3.63, 3.8) is 0 Å². The lowest BCUT2D eigenvalue weighted by Crippen LogP contribution is -2.49. The number of nitrogens with one attached hydrogen (secondary N) is 1. The van der Waals surface area contributed by atoms with Gasteiger partial charge in [-0.15, -0.1) is 11.3 Å². The van der Waals surface area contributed by atoms with Crippen LogP contribution < -0.4 is 9.62 Å². The van der Waals surface area contributed by atoms with Gasteiger partial charge in [0.2, 0.25) is 27.6 Å². The molecule has 2 heterocycles. The largest absolute Gasteiger partial charge is 0.345 e.